The van der Waals surface area contributed by atoms with Crippen molar-refractivity contribution in [3.63, 3.8) is 0 Å². The highest BCUT2D eigenvalue weighted by Gasteiger charge is 2.21. The summed E-state index contributed by atoms with van der Waals surface area (Å²) in [6, 6.07) is 8.01. The molecule has 7 heteroatoms. The second kappa shape index (κ2) is 6.50. The second-order valence-electron chi connectivity index (χ2n) is 4.52. The Labute approximate surface area is 135 Å². The molecular formula is C15H14N2O3S2. The van der Waals surface area contributed by atoms with Gasteiger partial charge in [0.05, 0.1) is 16.8 Å². The molecule has 0 fully saturated rings. The smallest absolute Gasteiger partial charge is 0.360 e. The van der Waals surface area contributed by atoms with Gasteiger partial charge in [0.15, 0.2) is 10.0 Å². The van der Waals surface area contributed by atoms with Gasteiger partial charge in [0.2, 0.25) is 0 Å². The number of benzene rings is 1. The molecule has 0 saturated carbocycles. The van der Waals surface area contributed by atoms with Gasteiger partial charge in [-0.1, -0.05) is 29.1 Å². The molecule has 0 aliphatic heterocycles. The third-order valence-electron chi connectivity index (χ3n) is 3.07. The second-order valence-corrected chi connectivity index (χ2v) is 6.78. The number of esters is 1. The van der Waals surface area contributed by atoms with Crippen molar-refractivity contribution in [2.75, 3.05) is 6.61 Å². The molecule has 114 valence electrons. The molecular weight excluding hydrogens is 320 g/mol. The van der Waals surface area contributed by atoms with Crippen LogP contribution >= 0.6 is 23.1 Å². The van der Waals surface area contributed by atoms with Crippen molar-refractivity contribution in [3.8, 4) is 0 Å². The van der Waals surface area contributed by atoms with Crippen LogP contribution in [0.2, 0.25) is 0 Å². The Kier molecular flexibility index (Phi) is 4.44. The summed E-state index contributed by atoms with van der Waals surface area (Å²) in [5, 5.41) is 3.81. The number of hydrogen-bond acceptors (Lipinski definition) is 7. The van der Waals surface area contributed by atoms with Crippen LogP contribution in [0.4, 0.5) is 0 Å². The van der Waals surface area contributed by atoms with Gasteiger partial charge in [-0.3, -0.25) is 0 Å². The first-order chi connectivity index (χ1) is 10.7. The van der Waals surface area contributed by atoms with Crippen LogP contribution in [0.1, 0.15) is 28.7 Å². The van der Waals surface area contributed by atoms with E-state index in [4.69, 9.17) is 9.26 Å². The van der Waals surface area contributed by atoms with Gasteiger partial charge >= 0.3 is 5.97 Å². The van der Waals surface area contributed by atoms with Crippen LogP contribution in [-0.2, 0) is 10.5 Å². The molecule has 3 aromatic rings. The van der Waals surface area contributed by atoms with E-state index in [0.717, 1.165) is 20.1 Å². The molecule has 3 rings (SSSR count). The van der Waals surface area contributed by atoms with Gasteiger partial charge in [-0.15, -0.1) is 11.3 Å². The molecule has 0 saturated heterocycles. The summed E-state index contributed by atoms with van der Waals surface area (Å²) in [5.74, 6) is 0.763. The number of thiazole rings is 1. The first-order valence-electron chi connectivity index (χ1n) is 6.79. The van der Waals surface area contributed by atoms with Gasteiger partial charge in [-0.05, 0) is 26.0 Å². The zero-order valence-corrected chi connectivity index (χ0v) is 13.8. The minimum atomic E-state index is -0.445. The fraction of sp³-hybridized carbons (Fsp3) is 0.267. The van der Waals surface area contributed by atoms with Gasteiger partial charge < -0.3 is 9.26 Å². The predicted octanol–water partition coefficient (Wildman–Crippen LogP) is 4.06. The van der Waals surface area contributed by atoms with Gasteiger partial charge in [-0.2, -0.15) is 0 Å². The minimum absolute atomic E-state index is 0.257. The molecule has 0 radical (unpaired) electrons. The highest BCUT2D eigenvalue weighted by Crippen LogP contribution is 2.32. The molecule has 0 atom stereocenters. The van der Waals surface area contributed by atoms with E-state index in [1.54, 1.807) is 36.9 Å². The lowest BCUT2D eigenvalue weighted by Gasteiger charge is -2.01. The van der Waals surface area contributed by atoms with Crippen molar-refractivity contribution in [2.45, 2.75) is 23.9 Å². The van der Waals surface area contributed by atoms with Crippen molar-refractivity contribution >= 4 is 39.3 Å². The fourth-order valence-electron chi connectivity index (χ4n) is 1.97. The molecule has 0 aliphatic rings. The summed E-state index contributed by atoms with van der Waals surface area (Å²) >= 11 is 3.20. The van der Waals surface area contributed by atoms with Gasteiger partial charge in [0, 0.05) is 11.3 Å². The molecule has 5 nitrogen and oxygen atoms in total. The number of carbonyl (C=O) groups excluding carboxylic acids is 1. The molecule has 0 bridgehead atoms. The average Bonchev–Trinajstić information content (AvgIpc) is 3.08. The Bertz CT molecular complexity index is 777. The van der Waals surface area contributed by atoms with Crippen LogP contribution in [0.3, 0.4) is 0 Å². The molecule has 0 spiro atoms. The van der Waals surface area contributed by atoms with Crippen molar-refractivity contribution in [3.05, 3.63) is 41.3 Å². The average molecular weight is 334 g/mol. The van der Waals surface area contributed by atoms with E-state index >= 15 is 0 Å². The number of ether oxygens (including phenoxy) is 1. The predicted molar refractivity (Wildman–Crippen MR) is 86.4 cm³/mol. The number of carbonyl (C=O) groups is 1. The summed E-state index contributed by atoms with van der Waals surface area (Å²) < 4.78 is 12.2. The number of rotatable bonds is 5. The number of thioether (sulfide) groups is 1. The first-order valence-corrected chi connectivity index (χ1v) is 8.60. The first kappa shape index (κ1) is 15.1. The zero-order chi connectivity index (χ0) is 15.5. The molecule has 0 N–H and O–H groups in total. The maximum atomic E-state index is 11.9. The Morgan fingerprint density at radius 3 is 3.00 bits per heavy atom. The molecule has 22 heavy (non-hydrogen) atoms. The standard InChI is InChI=1S/C15H14N2O3S2/c1-3-19-14(18)13-10(9(2)20-17-13)8-21-15-16-11-6-4-5-7-12(11)22-15/h4-7H,3,8H2,1-2H3. The summed E-state index contributed by atoms with van der Waals surface area (Å²) in [4.78, 5) is 16.4. The number of hydrogen-bond donors (Lipinski definition) is 0. The third kappa shape index (κ3) is 3.00. The van der Waals surface area contributed by atoms with Crippen molar-refractivity contribution in [1.82, 2.24) is 10.1 Å². The monoisotopic (exact) mass is 334 g/mol. The van der Waals surface area contributed by atoms with E-state index in [0.29, 0.717) is 18.1 Å². The molecule has 2 heterocycles. The summed E-state index contributed by atoms with van der Waals surface area (Å²) in [6.07, 6.45) is 0. The fourth-order valence-corrected chi connectivity index (χ4v) is 4.12. The van der Waals surface area contributed by atoms with Crippen LogP contribution in [-0.4, -0.2) is 22.7 Å². The van der Waals surface area contributed by atoms with Crippen LogP contribution in [0.5, 0.6) is 0 Å². The Morgan fingerprint density at radius 2 is 2.23 bits per heavy atom. The van der Waals surface area contributed by atoms with Crippen molar-refractivity contribution < 1.29 is 14.1 Å². The van der Waals surface area contributed by atoms with Crippen LogP contribution in [0.25, 0.3) is 10.2 Å². The highest BCUT2D eigenvalue weighted by atomic mass is 32.2. The lowest BCUT2D eigenvalue weighted by atomic mass is 10.2. The van der Waals surface area contributed by atoms with Crippen LogP contribution in [0.15, 0.2) is 33.1 Å². The zero-order valence-electron chi connectivity index (χ0n) is 12.2. The summed E-state index contributed by atoms with van der Waals surface area (Å²) in [5.41, 5.74) is 2.01. The Morgan fingerprint density at radius 1 is 1.41 bits per heavy atom. The SMILES string of the molecule is CCOC(=O)c1noc(C)c1CSc1nc2ccccc2s1. The number of aromatic nitrogens is 2. The van der Waals surface area contributed by atoms with E-state index < -0.39 is 5.97 Å². The van der Waals surface area contributed by atoms with Crippen LogP contribution < -0.4 is 0 Å². The largest absolute Gasteiger partial charge is 0.461 e. The molecule has 0 amide bonds. The van der Waals surface area contributed by atoms with Crippen molar-refractivity contribution in [2.24, 2.45) is 0 Å². The highest BCUT2D eigenvalue weighted by molar-refractivity contribution is 8.00. The van der Waals surface area contributed by atoms with Crippen LogP contribution in [0, 0.1) is 6.92 Å². The molecule has 1 aromatic carbocycles. The normalized spacial score (nSPS) is 11.0. The van der Waals surface area contributed by atoms with E-state index in [1.165, 1.54) is 0 Å². The van der Waals surface area contributed by atoms with E-state index in [9.17, 15) is 4.79 Å². The van der Waals surface area contributed by atoms with Gasteiger partial charge in [0.1, 0.15) is 5.76 Å². The Hall–Kier alpha value is -1.86. The molecule has 0 aliphatic carbocycles. The molecule has 0 unspecified atom stereocenters. The number of aryl methyl sites for hydroxylation is 1. The lowest BCUT2D eigenvalue weighted by Crippen LogP contribution is -2.07. The number of para-hydroxylation sites is 1. The minimum Gasteiger partial charge on any atom is -0.461 e. The number of fused-ring (bicyclic) bond motifs is 1. The number of nitrogens with zero attached hydrogens (tertiary/aromatic N) is 2. The van der Waals surface area contributed by atoms with Gasteiger partial charge in [0.25, 0.3) is 0 Å². The van der Waals surface area contributed by atoms with Crippen molar-refractivity contribution in [1.29, 1.82) is 0 Å². The van der Waals surface area contributed by atoms with E-state index in [2.05, 4.69) is 10.1 Å². The van der Waals surface area contributed by atoms with E-state index in [-0.39, 0.29) is 5.69 Å². The summed E-state index contributed by atoms with van der Waals surface area (Å²) in [6.45, 7) is 3.87. The summed E-state index contributed by atoms with van der Waals surface area (Å²) in [7, 11) is 0. The maximum absolute atomic E-state index is 11.9. The van der Waals surface area contributed by atoms with Gasteiger partial charge in [-0.25, -0.2) is 9.78 Å². The Balaban J connectivity index is 1.78. The topological polar surface area (TPSA) is 65.2 Å². The third-order valence-corrected chi connectivity index (χ3v) is 5.27. The quantitative estimate of drug-likeness (QED) is 0.518. The lowest BCUT2D eigenvalue weighted by molar-refractivity contribution is 0.0514. The molecule has 2 aromatic heterocycles. The maximum Gasteiger partial charge on any atom is 0.360 e. The van der Waals surface area contributed by atoms with E-state index in [1.807, 2.05) is 24.3 Å².